The SMILES string of the molecule is CC(=O)c1c(F)cc2cc[nH]c2c1F. The predicted octanol–water partition coefficient (Wildman–Crippen LogP) is 2.65. The van der Waals surface area contributed by atoms with Gasteiger partial charge in [0, 0.05) is 11.6 Å². The van der Waals surface area contributed by atoms with Gasteiger partial charge in [0.1, 0.15) is 5.82 Å². The van der Waals surface area contributed by atoms with Crippen molar-refractivity contribution in [1.82, 2.24) is 4.98 Å². The highest BCUT2D eigenvalue weighted by Gasteiger charge is 2.17. The van der Waals surface area contributed by atoms with E-state index in [1.54, 1.807) is 6.07 Å². The van der Waals surface area contributed by atoms with Crippen molar-refractivity contribution in [2.75, 3.05) is 0 Å². The molecule has 0 saturated carbocycles. The lowest BCUT2D eigenvalue weighted by Gasteiger charge is -2.01. The van der Waals surface area contributed by atoms with Crippen LogP contribution in [0.5, 0.6) is 0 Å². The van der Waals surface area contributed by atoms with Gasteiger partial charge in [-0.15, -0.1) is 0 Å². The third kappa shape index (κ3) is 1.11. The minimum absolute atomic E-state index is 0.164. The molecule has 0 atom stereocenters. The van der Waals surface area contributed by atoms with Crippen molar-refractivity contribution in [1.29, 1.82) is 0 Å². The smallest absolute Gasteiger partial charge is 0.165 e. The molecule has 2 nitrogen and oxygen atoms in total. The first kappa shape index (κ1) is 8.87. The summed E-state index contributed by atoms with van der Waals surface area (Å²) in [5.74, 6) is -2.25. The standard InChI is InChI=1S/C10H7F2NO/c1-5(14)8-7(11)4-6-2-3-13-10(6)9(8)12/h2-4,13H,1H3. The van der Waals surface area contributed by atoms with Crippen molar-refractivity contribution < 1.29 is 13.6 Å². The summed E-state index contributed by atoms with van der Waals surface area (Å²) in [6, 6.07) is 2.69. The summed E-state index contributed by atoms with van der Waals surface area (Å²) in [5.41, 5.74) is -0.323. The Morgan fingerprint density at radius 2 is 2.14 bits per heavy atom. The maximum atomic E-state index is 13.5. The second-order valence-electron chi connectivity index (χ2n) is 3.05. The van der Waals surface area contributed by atoms with Crippen LogP contribution in [0.4, 0.5) is 8.78 Å². The molecule has 2 aromatic rings. The first-order chi connectivity index (χ1) is 6.61. The number of carbonyl (C=O) groups is 1. The molecule has 0 saturated heterocycles. The van der Waals surface area contributed by atoms with Gasteiger partial charge in [-0.25, -0.2) is 8.78 Å². The molecule has 14 heavy (non-hydrogen) atoms. The zero-order valence-electron chi connectivity index (χ0n) is 7.40. The van der Waals surface area contributed by atoms with Gasteiger partial charge in [-0.1, -0.05) is 0 Å². The average Bonchev–Trinajstić information content (AvgIpc) is 2.50. The number of aromatic amines is 1. The molecule has 4 heteroatoms. The molecule has 1 aromatic carbocycles. The molecule has 0 aliphatic rings. The minimum Gasteiger partial charge on any atom is -0.359 e. The highest BCUT2D eigenvalue weighted by molar-refractivity contribution is 5.98. The summed E-state index contributed by atoms with van der Waals surface area (Å²) in [6.07, 6.45) is 1.50. The molecule has 0 unspecified atom stereocenters. The van der Waals surface area contributed by atoms with Gasteiger partial charge in [0.2, 0.25) is 0 Å². The Kier molecular flexibility index (Phi) is 1.84. The second-order valence-corrected chi connectivity index (χ2v) is 3.05. The highest BCUT2D eigenvalue weighted by atomic mass is 19.1. The number of hydrogen-bond donors (Lipinski definition) is 1. The molecular formula is C10H7F2NO. The summed E-state index contributed by atoms with van der Waals surface area (Å²) < 4.78 is 26.8. The third-order valence-corrected chi connectivity index (χ3v) is 2.09. The van der Waals surface area contributed by atoms with Crippen LogP contribution in [-0.4, -0.2) is 10.8 Å². The van der Waals surface area contributed by atoms with Crippen molar-refractivity contribution in [3.8, 4) is 0 Å². The number of ketones is 1. The fourth-order valence-corrected chi connectivity index (χ4v) is 1.45. The Morgan fingerprint density at radius 3 is 2.79 bits per heavy atom. The van der Waals surface area contributed by atoms with E-state index in [4.69, 9.17) is 0 Å². The summed E-state index contributed by atoms with van der Waals surface area (Å²) in [4.78, 5) is 13.6. The Labute approximate surface area is 78.5 Å². The van der Waals surface area contributed by atoms with Crippen molar-refractivity contribution >= 4 is 16.7 Å². The highest BCUT2D eigenvalue weighted by Crippen LogP contribution is 2.23. The van der Waals surface area contributed by atoms with Gasteiger partial charge in [-0.2, -0.15) is 0 Å². The summed E-state index contributed by atoms with van der Waals surface area (Å²) in [6.45, 7) is 1.14. The van der Waals surface area contributed by atoms with E-state index in [0.29, 0.717) is 5.39 Å². The van der Waals surface area contributed by atoms with Crippen LogP contribution in [0.2, 0.25) is 0 Å². The molecule has 0 aliphatic heterocycles. The lowest BCUT2D eigenvalue weighted by molar-refractivity contribution is 0.101. The van der Waals surface area contributed by atoms with Crippen LogP contribution in [0.25, 0.3) is 10.9 Å². The first-order valence-electron chi connectivity index (χ1n) is 4.07. The number of rotatable bonds is 1. The van der Waals surface area contributed by atoms with Crippen LogP contribution in [0.1, 0.15) is 17.3 Å². The summed E-state index contributed by atoms with van der Waals surface area (Å²) >= 11 is 0. The number of H-pyrrole nitrogens is 1. The number of aromatic nitrogens is 1. The van der Waals surface area contributed by atoms with E-state index in [1.807, 2.05) is 0 Å². The van der Waals surface area contributed by atoms with E-state index >= 15 is 0 Å². The molecule has 2 rings (SSSR count). The van der Waals surface area contributed by atoms with E-state index < -0.39 is 23.0 Å². The maximum absolute atomic E-state index is 13.5. The van der Waals surface area contributed by atoms with Crippen LogP contribution in [0, 0.1) is 11.6 Å². The zero-order chi connectivity index (χ0) is 10.3. The number of fused-ring (bicyclic) bond motifs is 1. The largest absolute Gasteiger partial charge is 0.359 e. The van der Waals surface area contributed by atoms with Crippen molar-refractivity contribution in [2.45, 2.75) is 6.92 Å². The normalized spacial score (nSPS) is 10.8. The lowest BCUT2D eigenvalue weighted by Crippen LogP contribution is -2.02. The number of carbonyl (C=O) groups excluding carboxylic acids is 1. The molecule has 0 radical (unpaired) electrons. The van der Waals surface area contributed by atoms with Gasteiger partial charge >= 0.3 is 0 Å². The average molecular weight is 195 g/mol. The lowest BCUT2D eigenvalue weighted by atomic mass is 10.1. The molecule has 0 aliphatic carbocycles. The fourth-order valence-electron chi connectivity index (χ4n) is 1.45. The van der Waals surface area contributed by atoms with E-state index in [9.17, 15) is 13.6 Å². The van der Waals surface area contributed by atoms with E-state index in [0.717, 1.165) is 13.0 Å². The molecule has 0 bridgehead atoms. The van der Waals surface area contributed by atoms with Crippen LogP contribution < -0.4 is 0 Å². The van der Waals surface area contributed by atoms with Crippen LogP contribution in [0.3, 0.4) is 0 Å². The summed E-state index contributed by atoms with van der Waals surface area (Å²) in [5, 5.41) is 0.421. The maximum Gasteiger partial charge on any atom is 0.165 e. The number of benzene rings is 1. The summed E-state index contributed by atoms with van der Waals surface area (Å²) in [7, 11) is 0. The van der Waals surface area contributed by atoms with E-state index in [2.05, 4.69) is 4.98 Å². The monoisotopic (exact) mass is 195 g/mol. The van der Waals surface area contributed by atoms with Crippen LogP contribution in [-0.2, 0) is 0 Å². The van der Waals surface area contributed by atoms with Gasteiger partial charge in [0.15, 0.2) is 11.6 Å². The van der Waals surface area contributed by atoms with Crippen LogP contribution >= 0.6 is 0 Å². The molecule has 0 fully saturated rings. The predicted molar refractivity (Wildman–Crippen MR) is 48.2 cm³/mol. The Bertz CT molecular complexity index is 516. The van der Waals surface area contributed by atoms with Gasteiger partial charge in [0.25, 0.3) is 0 Å². The van der Waals surface area contributed by atoms with Crippen molar-refractivity contribution in [3.63, 3.8) is 0 Å². The van der Waals surface area contributed by atoms with E-state index in [-0.39, 0.29) is 5.52 Å². The number of Topliss-reactive ketones (excluding diaryl/α,β-unsaturated/α-hetero) is 1. The number of halogens is 2. The second kappa shape index (κ2) is 2.90. The number of hydrogen-bond acceptors (Lipinski definition) is 1. The molecule has 1 N–H and O–H groups in total. The van der Waals surface area contributed by atoms with E-state index in [1.165, 1.54) is 6.20 Å². The number of nitrogens with one attached hydrogen (secondary N) is 1. The third-order valence-electron chi connectivity index (χ3n) is 2.09. The molecular weight excluding hydrogens is 188 g/mol. The minimum atomic E-state index is -0.822. The van der Waals surface area contributed by atoms with Gasteiger partial charge in [-0.05, 0) is 19.1 Å². The fraction of sp³-hybridized carbons (Fsp3) is 0.100. The first-order valence-corrected chi connectivity index (χ1v) is 4.07. The van der Waals surface area contributed by atoms with Gasteiger partial charge < -0.3 is 4.98 Å². The molecule has 1 aromatic heterocycles. The Balaban J connectivity index is 2.89. The molecule has 0 spiro atoms. The van der Waals surface area contributed by atoms with Crippen molar-refractivity contribution in [3.05, 3.63) is 35.5 Å². The van der Waals surface area contributed by atoms with Crippen molar-refractivity contribution in [2.24, 2.45) is 0 Å². The molecule has 72 valence electrons. The molecule has 0 amide bonds. The van der Waals surface area contributed by atoms with Gasteiger partial charge in [0.05, 0.1) is 11.1 Å². The Hall–Kier alpha value is -1.71. The van der Waals surface area contributed by atoms with Gasteiger partial charge in [-0.3, -0.25) is 4.79 Å². The topological polar surface area (TPSA) is 32.9 Å². The molecule has 1 heterocycles. The quantitative estimate of drug-likeness (QED) is 0.697. The Morgan fingerprint density at radius 1 is 1.43 bits per heavy atom. The van der Waals surface area contributed by atoms with Crippen LogP contribution in [0.15, 0.2) is 18.3 Å². The zero-order valence-corrected chi connectivity index (χ0v) is 7.40.